The SMILES string of the molecule is CCC(CN)(COC)N1CCOC2CCCCC21. The van der Waals surface area contributed by atoms with Crippen LogP contribution >= 0.6 is 0 Å². The molecule has 0 radical (unpaired) electrons. The molecule has 1 heterocycles. The van der Waals surface area contributed by atoms with Gasteiger partial charge in [0.05, 0.1) is 24.9 Å². The van der Waals surface area contributed by atoms with E-state index in [0.29, 0.717) is 18.7 Å². The quantitative estimate of drug-likeness (QED) is 0.807. The number of nitrogens with zero attached hydrogens (tertiary/aromatic N) is 1. The summed E-state index contributed by atoms with van der Waals surface area (Å²) < 4.78 is 11.4. The second kappa shape index (κ2) is 6.33. The molecule has 18 heavy (non-hydrogen) atoms. The summed E-state index contributed by atoms with van der Waals surface area (Å²) in [5, 5.41) is 0. The van der Waals surface area contributed by atoms with Crippen LogP contribution in [0.15, 0.2) is 0 Å². The molecule has 1 saturated carbocycles. The summed E-state index contributed by atoms with van der Waals surface area (Å²) in [4.78, 5) is 2.60. The first-order chi connectivity index (χ1) is 8.77. The van der Waals surface area contributed by atoms with Crippen LogP contribution in [0.25, 0.3) is 0 Å². The van der Waals surface area contributed by atoms with Gasteiger partial charge in [-0.15, -0.1) is 0 Å². The number of fused-ring (bicyclic) bond motifs is 1. The average Bonchev–Trinajstić information content (AvgIpc) is 2.44. The fourth-order valence-corrected chi connectivity index (χ4v) is 3.66. The molecule has 0 amide bonds. The van der Waals surface area contributed by atoms with E-state index in [1.54, 1.807) is 7.11 Å². The predicted molar refractivity (Wildman–Crippen MR) is 72.7 cm³/mol. The summed E-state index contributed by atoms with van der Waals surface area (Å²) in [7, 11) is 1.78. The second-order valence-corrected chi connectivity index (χ2v) is 5.67. The van der Waals surface area contributed by atoms with Gasteiger partial charge >= 0.3 is 0 Å². The van der Waals surface area contributed by atoms with E-state index in [9.17, 15) is 0 Å². The van der Waals surface area contributed by atoms with Gasteiger partial charge in [0, 0.05) is 26.2 Å². The van der Waals surface area contributed by atoms with E-state index < -0.39 is 0 Å². The minimum Gasteiger partial charge on any atom is -0.383 e. The van der Waals surface area contributed by atoms with E-state index in [-0.39, 0.29) is 5.54 Å². The van der Waals surface area contributed by atoms with Crippen LogP contribution in [0.1, 0.15) is 39.0 Å². The number of nitrogens with two attached hydrogens (primary N) is 1. The molecule has 4 nitrogen and oxygen atoms in total. The Morgan fingerprint density at radius 2 is 2.17 bits per heavy atom. The van der Waals surface area contributed by atoms with Crippen molar-refractivity contribution in [2.45, 2.75) is 56.7 Å². The Kier molecular flexibility index (Phi) is 5.01. The van der Waals surface area contributed by atoms with Crippen LogP contribution in [-0.2, 0) is 9.47 Å². The van der Waals surface area contributed by atoms with Gasteiger partial charge in [-0.2, -0.15) is 0 Å². The van der Waals surface area contributed by atoms with Crippen LogP contribution < -0.4 is 5.73 Å². The Balaban J connectivity index is 2.16. The number of ether oxygens (including phenoxy) is 2. The molecule has 1 aliphatic carbocycles. The van der Waals surface area contributed by atoms with Crippen LogP contribution in [-0.4, -0.2) is 56.0 Å². The third-order valence-electron chi connectivity index (χ3n) is 4.79. The zero-order valence-corrected chi connectivity index (χ0v) is 11.9. The van der Waals surface area contributed by atoms with Crippen LogP contribution in [0.3, 0.4) is 0 Å². The first kappa shape index (κ1) is 14.3. The predicted octanol–water partition coefficient (Wildman–Crippen LogP) is 1.38. The highest BCUT2D eigenvalue weighted by molar-refractivity contribution is 4.99. The molecule has 3 atom stereocenters. The molecule has 2 fully saturated rings. The number of hydrogen-bond acceptors (Lipinski definition) is 4. The molecule has 0 bridgehead atoms. The van der Waals surface area contributed by atoms with Crippen molar-refractivity contribution in [1.82, 2.24) is 4.90 Å². The molecule has 0 aromatic rings. The Morgan fingerprint density at radius 1 is 1.39 bits per heavy atom. The van der Waals surface area contributed by atoms with Crippen LogP contribution in [0.2, 0.25) is 0 Å². The van der Waals surface area contributed by atoms with E-state index in [1.165, 1.54) is 25.7 Å². The summed E-state index contributed by atoms with van der Waals surface area (Å²) >= 11 is 0. The lowest BCUT2D eigenvalue weighted by Crippen LogP contribution is -2.66. The van der Waals surface area contributed by atoms with Gasteiger partial charge in [-0.05, 0) is 19.3 Å². The maximum atomic E-state index is 6.09. The van der Waals surface area contributed by atoms with E-state index in [1.807, 2.05) is 0 Å². The largest absolute Gasteiger partial charge is 0.383 e. The monoisotopic (exact) mass is 256 g/mol. The molecule has 2 aliphatic rings. The molecule has 106 valence electrons. The summed E-state index contributed by atoms with van der Waals surface area (Å²) in [6.45, 7) is 5.45. The van der Waals surface area contributed by atoms with Gasteiger partial charge in [0.15, 0.2) is 0 Å². The number of methoxy groups -OCH3 is 1. The van der Waals surface area contributed by atoms with Gasteiger partial charge in [0.1, 0.15) is 0 Å². The third-order valence-corrected chi connectivity index (χ3v) is 4.79. The number of rotatable bonds is 5. The summed E-state index contributed by atoms with van der Waals surface area (Å²) in [6, 6.07) is 0.547. The second-order valence-electron chi connectivity index (χ2n) is 5.67. The van der Waals surface area contributed by atoms with Crippen molar-refractivity contribution >= 4 is 0 Å². The molecule has 0 spiro atoms. The fourth-order valence-electron chi connectivity index (χ4n) is 3.66. The summed E-state index contributed by atoms with van der Waals surface area (Å²) in [5.41, 5.74) is 6.09. The van der Waals surface area contributed by atoms with Crippen molar-refractivity contribution in [3.8, 4) is 0 Å². The fraction of sp³-hybridized carbons (Fsp3) is 1.00. The van der Waals surface area contributed by atoms with Crippen molar-refractivity contribution in [2.75, 3.05) is 33.4 Å². The highest BCUT2D eigenvalue weighted by Crippen LogP contribution is 2.34. The van der Waals surface area contributed by atoms with Gasteiger partial charge in [-0.1, -0.05) is 19.8 Å². The number of morpholine rings is 1. The smallest absolute Gasteiger partial charge is 0.0731 e. The Labute approximate surface area is 111 Å². The van der Waals surface area contributed by atoms with E-state index >= 15 is 0 Å². The minimum absolute atomic E-state index is 0.00120. The molecular formula is C14H28N2O2. The zero-order valence-electron chi connectivity index (χ0n) is 11.9. The Morgan fingerprint density at radius 3 is 2.83 bits per heavy atom. The first-order valence-electron chi connectivity index (χ1n) is 7.35. The molecule has 2 N–H and O–H groups in total. The van der Waals surface area contributed by atoms with E-state index in [0.717, 1.165) is 26.2 Å². The van der Waals surface area contributed by atoms with Crippen LogP contribution in [0, 0.1) is 0 Å². The lowest BCUT2D eigenvalue weighted by Gasteiger charge is -2.52. The maximum Gasteiger partial charge on any atom is 0.0731 e. The lowest BCUT2D eigenvalue weighted by molar-refractivity contribution is -0.137. The lowest BCUT2D eigenvalue weighted by atomic mass is 9.84. The van der Waals surface area contributed by atoms with Gasteiger partial charge in [0.25, 0.3) is 0 Å². The third kappa shape index (κ3) is 2.57. The van der Waals surface area contributed by atoms with Crippen molar-refractivity contribution in [1.29, 1.82) is 0 Å². The zero-order chi connectivity index (χ0) is 13.0. The standard InChI is InChI=1S/C14H28N2O2/c1-3-14(10-15,11-17-2)16-8-9-18-13-7-5-4-6-12(13)16/h12-13H,3-11,15H2,1-2H3. The first-order valence-corrected chi connectivity index (χ1v) is 7.35. The molecule has 0 aromatic heterocycles. The van der Waals surface area contributed by atoms with Gasteiger partial charge < -0.3 is 15.2 Å². The highest BCUT2D eigenvalue weighted by Gasteiger charge is 2.44. The van der Waals surface area contributed by atoms with Crippen LogP contribution in [0.5, 0.6) is 0 Å². The van der Waals surface area contributed by atoms with Gasteiger partial charge in [0.2, 0.25) is 0 Å². The van der Waals surface area contributed by atoms with E-state index in [2.05, 4.69) is 11.8 Å². The summed E-state index contributed by atoms with van der Waals surface area (Å²) in [6.07, 6.45) is 6.54. The number of hydrogen-bond donors (Lipinski definition) is 1. The molecule has 2 rings (SSSR count). The topological polar surface area (TPSA) is 47.7 Å². The van der Waals surface area contributed by atoms with E-state index in [4.69, 9.17) is 15.2 Å². The molecular weight excluding hydrogens is 228 g/mol. The normalized spacial score (nSPS) is 32.8. The van der Waals surface area contributed by atoms with Gasteiger partial charge in [-0.3, -0.25) is 4.90 Å². The Hall–Kier alpha value is -0.160. The minimum atomic E-state index is -0.00120. The van der Waals surface area contributed by atoms with Crippen molar-refractivity contribution in [3.63, 3.8) is 0 Å². The molecule has 0 aromatic carbocycles. The van der Waals surface area contributed by atoms with Crippen molar-refractivity contribution < 1.29 is 9.47 Å². The highest BCUT2D eigenvalue weighted by atomic mass is 16.5. The maximum absolute atomic E-state index is 6.09. The van der Waals surface area contributed by atoms with Crippen molar-refractivity contribution in [3.05, 3.63) is 0 Å². The molecule has 1 aliphatic heterocycles. The average molecular weight is 256 g/mol. The molecule has 3 unspecified atom stereocenters. The van der Waals surface area contributed by atoms with Gasteiger partial charge in [-0.25, -0.2) is 0 Å². The molecule has 4 heteroatoms. The van der Waals surface area contributed by atoms with Crippen LogP contribution in [0.4, 0.5) is 0 Å². The van der Waals surface area contributed by atoms with Crippen molar-refractivity contribution in [2.24, 2.45) is 5.73 Å². The molecule has 1 saturated heterocycles. The summed E-state index contributed by atoms with van der Waals surface area (Å²) in [5.74, 6) is 0. The Bertz CT molecular complexity index is 254.